The van der Waals surface area contributed by atoms with Gasteiger partial charge in [-0.15, -0.1) is 0 Å². The number of aromatic nitrogens is 1. The second-order valence-corrected chi connectivity index (χ2v) is 4.38. The molecular weight excluding hydrogens is 224 g/mol. The molecule has 0 aliphatic heterocycles. The van der Waals surface area contributed by atoms with Crippen molar-refractivity contribution in [2.24, 2.45) is 0 Å². The Balaban J connectivity index is 2.10. The molecule has 0 aliphatic carbocycles. The van der Waals surface area contributed by atoms with Gasteiger partial charge >= 0.3 is 0 Å². The number of hydrogen-bond donors (Lipinski definition) is 1. The van der Waals surface area contributed by atoms with Gasteiger partial charge in [0.1, 0.15) is 5.75 Å². The first-order valence-corrected chi connectivity index (χ1v) is 6.03. The van der Waals surface area contributed by atoms with Crippen LogP contribution in [0.5, 0.6) is 11.6 Å². The summed E-state index contributed by atoms with van der Waals surface area (Å²) in [6, 6.07) is 9.95. The van der Waals surface area contributed by atoms with Gasteiger partial charge in [0.15, 0.2) is 0 Å². The van der Waals surface area contributed by atoms with Crippen molar-refractivity contribution in [3.05, 3.63) is 53.2 Å². The fourth-order valence-electron chi connectivity index (χ4n) is 1.68. The van der Waals surface area contributed by atoms with E-state index in [-0.39, 0.29) is 0 Å². The van der Waals surface area contributed by atoms with Crippen LogP contribution in [0.3, 0.4) is 0 Å². The molecule has 3 heteroatoms. The minimum absolute atomic E-state index is 0.623. The molecule has 3 nitrogen and oxygen atoms in total. The van der Waals surface area contributed by atoms with Crippen LogP contribution in [0.1, 0.15) is 16.7 Å². The van der Waals surface area contributed by atoms with E-state index >= 15 is 0 Å². The molecule has 0 spiro atoms. The van der Waals surface area contributed by atoms with Crippen LogP contribution in [0.15, 0.2) is 36.5 Å². The van der Waals surface area contributed by atoms with Crippen molar-refractivity contribution < 1.29 is 4.74 Å². The molecule has 0 saturated carbocycles. The summed E-state index contributed by atoms with van der Waals surface area (Å²) in [5, 5.41) is 3.09. The summed E-state index contributed by atoms with van der Waals surface area (Å²) in [5.74, 6) is 1.45. The Morgan fingerprint density at radius 3 is 2.56 bits per heavy atom. The highest BCUT2D eigenvalue weighted by Crippen LogP contribution is 2.22. The number of ether oxygens (including phenoxy) is 1. The van der Waals surface area contributed by atoms with E-state index in [2.05, 4.69) is 30.2 Å². The van der Waals surface area contributed by atoms with Gasteiger partial charge in [0.25, 0.3) is 0 Å². The predicted molar refractivity (Wildman–Crippen MR) is 73.0 cm³/mol. The predicted octanol–water partition coefficient (Wildman–Crippen LogP) is 3.21. The highest BCUT2D eigenvalue weighted by atomic mass is 16.5. The average Bonchev–Trinajstić information content (AvgIpc) is 2.37. The molecular formula is C15H18N2O. The fraction of sp³-hybridized carbons (Fsp3) is 0.267. The quantitative estimate of drug-likeness (QED) is 0.894. The molecule has 0 bridgehead atoms. The highest BCUT2D eigenvalue weighted by Gasteiger charge is 2.01. The van der Waals surface area contributed by atoms with Crippen LogP contribution in [0.25, 0.3) is 0 Å². The number of aryl methyl sites for hydroxylation is 2. The van der Waals surface area contributed by atoms with E-state index in [0.29, 0.717) is 5.88 Å². The second-order valence-electron chi connectivity index (χ2n) is 4.38. The molecule has 2 rings (SSSR count). The summed E-state index contributed by atoms with van der Waals surface area (Å²) in [6.07, 6.45) is 1.83. The number of hydrogen-bond acceptors (Lipinski definition) is 3. The van der Waals surface area contributed by atoms with Crippen molar-refractivity contribution in [1.82, 2.24) is 10.3 Å². The van der Waals surface area contributed by atoms with Crippen LogP contribution in [-0.4, -0.2) is 12.0 Å². The first kappa shape index (κ1) is 12.6. The third-order valence-corrected chi connectivity index (χ3v) is 2.88. The molecule has 18 heavy (non-hydrogen) atoms. The first-order valence-electron chi connectivity index (χ1n) is 6.03. The van der Waals surface area contributed by atoms with Gasteiger partial charge in [-0.2, -0.15) is 0 Å². The Bertz CT molecular complexity index is 521. The molecule has 0 unspecified atom stereocenters. The molecule has 1 aromatic carbocycles. The highest BCUT2D eigenvalue weighted by molar-refractivity contribution is 5.36. The Morgan fingerprint density at radius 2 is 1.94 bits per heavy atom. The lowest BCUT2D eigenvalue weighted by atomic mass is 10.1. The number of nitrogens with one attached hydrogen (secondary N) is 1. The zero-order chi connectivity index (χ0) is 13.0. The van der Waals surface area contributed by atoms with E-state index in [0.717, 1.165) is 17.9 Å². The van der Waals surface area contributed by atoms with Crippen molar-refractivity contribution in [2.75, 3.05) is 7.05 Å². The molecule has 0 fully saturated rings. The van der Waals surface area contributed by atoms with Crippen molar-refractivity contribution in [3.8, 4) is 11.6 Å². The molecule has 0 aliphatic rings. The smallest absolute Gasteiger partial charge is 0.219 e. The lowest BCUT2D eigenvalue weighted by Crippen LogP contribution is -2.05. The largest absolute Gasteiger partial charge is 0.439 e. The summed E-state index contributed by atoms with van der Waals surface area (Å²) in [6.45, 7) is 4.98. The Hall–Kier alpha value is -1.87. The van der Waals surface area contributed by atoms with Gasteiger partial charge in [0.05, 0.1) is 0 Å². The molecule has 1 aromatic heterocycles. The monoisotopic (exact) mass is 242 g/mol. The van der Waals surface area contributed by atoms with E-state index < -0.39 is 0 Å². The minimum Gasteiger partial charge on any atom is -0.439 e. The molecule has 2 aromatic rings. The van der Waals surface area contributed by atoms with E-state index in [1.54, 1.807) is 0 Å². The van der Waals surface area contributed by atoms with Gasteiger partial charge in [0.2, 0.25) is 5.88 Å². The lowest BCUT2D eigenvalue weighted by molar-refractivity contribution is 0.462. The maximum absolute atomic E-state index is 5.72. The third-order valence-electron chi connectivity index (χ3n) is 2.88. The SMILES string of the molecule is CNCc1ccc(Oc2ccc(C)c(C)c2)nc1. The Labute approximate surface area is 108 Å². The third kappa shape index (κ3) is 3.08. The van der Waals surface area contributed by atoms with Gasteiger partial charge in [-0.05, 0) is 49.7 Å². The minimum atomic E-state index is 0.623. The van der Waals surface area contributed by atoms with E-state index in [1.165, 1.54) is 11.1 Å². The van der Waals surface area contributed by atoms with Gasteiger partial charge in [-0.25, -0.2) is 4.98 Å². The topological polar surface area (TPSA) is 34.1 Å². The van der Waals surface area contributed by atoms with Crippen molar-refractivity contribution >= 4 is 0 Å². The van der Waals surface area contributed by atoms with Crippen LogP contribution in [0, 0.1) is 13.8 Å². The molecule has 0 atom stereocenters. The van der Waals surface area contributed by atoms with Crippen molar-refractivity contribution in [3.63, 3.8) is 0 Å². The molecule has 0 radical (unpaired) electrons. The number of nitrogens with zero attached hydrogens (tertiary/aromatic N) is 1. The van der Waals surface area contributed by atoms with Crippen LogP contribution in [0.2, 0.25) is 0 Å². The molecule has 0 amide bonds. The molecule has 1 heterocycles. The van der Waals surface area contributed by atoms with Gasteiger partial charge in [-0.1, -0.05) is 12.1 Å². The summed E-state index contributed by atoms with van der Waals surface area (Å²) < 4.78 is 5.72. The first-order chi connectivity index (χ1) is 8.69. The maximum atomic E-state index is 5.72. The van der Waals surface area contributed by atoms with Crippen LogP contribution in [0.4, 0.5) is 0 Å². The molecule has 1 N–H and O–H groups in total. The van der Waals surface area contributed by atoms with Crippen LogP contribution < -0.4 is 10.1 Å². The fourth-order valence-corrected chi connectivity index (χ4v) is 1.68. The zero-order valence-electron chi connectivity index (χ0n) is 11.0. The maximum Gasteiger partial charge on any atom is 0.219 e. The average molecular weight is 242 g/mol. The van der Waals surface area contributed by atoms with Crippen LogP contribution >= 0.6 is 0 Å². The molecule has 94 valence electrons. The summed E-state index contributed by atoms with van der Waals surface area (Å²) in [7, 11) is 1.92. The van der Waals surface area contributed by atoms with E-state index in [4.69, 9.17) is 4.74 Å². The summed E-state index contributed by atoms with van der Waals surface area (Å²) >= 11 is 0. The Morgan fingerprint density at radius 1 is 1.11 bits per heavy atom. The number of rotatable bonds is 4. The van der Waals surface area contributed by atoms with Crippen molar-refractivity contribution in [2.45, 2.75) is 20.4 Å². The number of pyridine rings is 1. The van der Waals surface area contributed by atoms with E-state index in [9.17, 15) is 0 Å². The van der Waals surface area contributed by atoms with Gasteiger partial charge in [0, 0.05) is 18.8 Å². The van der Waals surface area contributed by atoms with Crippen molar-refractivity contribution in [1.29, 1.82) is 0 Å². The standard InChI is InChI=1S/C15H18N2O/c1-11-4-6-14(8-12(11)2)18-15-7-5-13(9-16-3)10-17-15/h4-8,10,16H,9H2,1-3H3. The molecule has 0 saturated heterocycles. The Kier molecular flexibility index (Phi) is 3.95. The number of benzene rings is 1. The normalized spacial score (nSPS) is 10.4. The summed E-state index contributed by atoms with van der Waals surface area (Å²) in [4.78, 5) is 4.28. The lowest BCUT2D eigenvalue weighted by Gasteiger charge is -2.07. The zero-order valence-corrected chi connectivity index (χ0v) is 11.0. The van der Waals surface area contributed by atoms with Gasteiger partial charge < -0.3 is 10.1 Å². The van der Waals surface area contributed by atoms with Crippen LogP contribution in [-0.2, 0) is 6.54 Å². The van der Waals surface area contributed by atoms with E-state index in [1.807, 2.05) is 37.5 Å². The second kappa shape index (κ2) is 5.65. The summed E-state index contributed by atoms with van der Waals surface area (Å²) in [5.41, 5.74) is 3.63. The van der Waals surface area contributed by atoms with Gasteiger partial charge in [-0.3, -0.25) is 0 Å².